The summed E-state index contributed by atoms with van der Waals surface area (Å²) in [6, 6.07) is 0.541. The van der Waals surface area contributed by atoms with Crippen molar-refractivity contribution in [3.63, 3.8) is 0 Å². The van der Waals surface area contributed by atoms with Crippen molar-refractivity contribution < 1.29 is 4.79 Å². The van der Waals surface area contributed by atoms with Gasteiger partial charge in [0.05, 0.1) is 6.54 Å². The molecule has 1 rings (SSSR count). The minimum atomic E-state index is 0.0928. The maximum Gasteiger partial charge on any atom is 0.234 e. The summed E-state index contributed by atoms with van der Waals surface area (Å²) in [6.07, 6.45) is 2.79. The lowest BCUT2D eigenvalue weighted by Gasteiger charge is -2.37. The molecule has 0 spiro atoms. The quantitative estimate of drug-likeness (QED) is 0.581. The number of nitrogens with one attached hydrogen (secondary N) is 2. The van der Waals surface area contributed by atoms with Gasteiger partial charge in [-0.05, 0) is 13.0 Å². The molecule has 0 aliphatic carbocycles. The van der Waals surface area contributed by atoms with Gasteiger partial charge < -0.3 is 10.6 Å². The molecular weight excluding hydrogens is 190 g/mol. The lowest BCUT2D eigenvalue weighted by Crippen LogP contribution is -2.59. The van der Waals surface area contributed by atoms with Crippen LogP contribution in [0.5, 0.6) is 0 Å². The predicted molar refractivity (Wildman–Crippen MR) is 61.7 cm³/mol. The fourth-order valence-corrected chi connectivity index (χ4v) is 1.64. The molecule has 0 atom stereocenters. The van der Waals surface area contributed by atoms with Crippen molar-refractivity contribution in [1.82, 2.24) is 15.5 Å². The second-order valence-electron chi connectivity index (χ2n) is 3.88. The summed E-state index contributed by atoms with van der Waals surface area (Å²) in [6.45, 7) is 9.79. The van der Waals surface area contributed by atoms with Crippen LogP contribution in [0.25, 0.3) is 0 Å². The number of nitrogens with zero attached hydrogens (tertiary/aromatic N) is 1. The maximum atomic E-state index is 11.5. The summed E-state index contributed by atoms with van der Waals surface area (Å²) in [7, 11) is 0. The Balaban J connectivity index is 2.29. The van der Waals surface area contributed by atoms with Crippen molar-refractivity contribution in [1.29, 1.82) is 0 Å². The number of hydrogen-bond donors (Lipinski definition) is 2. The highest BCUT2D eigenvalue weighted by molar-refractivity contribution is 5.78. The van der Waals surface area contributed by atoms with Crippen molar-refractivity contribution in [3.05, 3.63) is 12.7 Å². The zero-order chi connectivity index (χ0) is 11.1. The van der Waals surface area contributed by atoms with Gasteiger partial charge in [0.2, 0.25) is 5.91 Å². The number of hydrogen-bond acceptors (Lipinski definition) is 3. The van der Waals surface area contributed by atoms with E-state index in [-0.39, 0.29) is 5.91 Å². The van der Waals surface area contributed by atoms with Crippen molar-refractivity contribution >= 4 is 5.91 Å². The van der Waals surface area contributed by atoms with Gasteiger partial charge in [-0.1, -0.05) is 13.0 Å². The van der Waals surface area contributed by atoms with E-state index in [2.05, 4.69) is 29.0 Å². The summed E-state index contributed by atoms with van der Waals surface area (Å²) in [5, 5.41) is 6.03. The predicted octanol–water partition coefficient (Wildman–Crippen LogP) is -0.0276. The van der Waals surface area contributed by atoms with Crippen LogP contribution in [-0.2, 0) is 4.79 Å². The third-order valence-corrected chi connectivity index (χ3v) is 2.58. The second-order valence-corrected chi connectivity index (χ2v) is 3.88. The molecule has 15 heavy (non-hydrogen) atoms. The molecule has 0 saturated carbocycles. The van der Waals surface area contributed by atoms with Crippen LogP contribution in [0.15, 0.2) is 12.7 Å². The maximum absolute atomic E-state index is 11.5. The molecule has 0 aromatic rings. The third kappa shape index (κ3) is 4.01. The van der Waals surface area contributed by atoms with Crippen LogP contribution in [0.2, 0.25) is 0 Å². The van der Waals surface area contributed by atoms with E-state index in [4.69, 9.17) is 0 Å². The van der Waals surface area contributed by atoms with Crippen molar-refractivity contribution in [3.8, 4) is 0 Å². The molecule has 0 bridgehead atoms. The number of carbonyl (C=O) groups is 1. The minimum absolute atomic E-state index is 0.0928. The van der Waals surface area contributed by atoms with Gasteiger partial charge in [-0.3, -0.25) is 9.69 Å². The van der Waals surface area contributed by atoms with E-state index in [1.807, 2.05) is 0 Å². The zero-order valence-electron chi connectivity index (χ0n) is 9.46. The molecule has 1 heterocycles. The van der Waals surface area contributed by atoms with Gasteiger partial charge >= 0.3 is 0 Å². The van der Waals surface area contributed by atoms with E-state index in [1.165, 1.54) is 0 Å². The molecule has 1 aliphatic heterocycles. The fourth-order valence-electron chi connectivity index (χ4n) is 1.64. The Hall–Kier alpha value is -0.870. The van der Waals surface area contributed by atoms with Gasteiger partial charge in [0, 0.05) is 25.7 Å². The van der Waals surface area contributed by atoms with E-state index in [0.717, 1.165) is 26.1 Å². The Kier molecular flexibility index (Phi) is 5.36. The zero-order valence-corrected chi connectivity index (χ0v) is 9.46. The lowest BCUT2D eigenvalue weighted by atomic mass is 10.1. The smallest absolute Gasteiger partial charge is 0.234 e. The van der Waals surface area contributed by atoms with E-state index >= 15 is 0 Å². The Labute approximate surface area is 91.7 Å². The highest BCUT2D eigenvalue weighted by Gasteiger charge is 2.25. The highest BCUT2D eigenvalue weighted by Crippen LogP contribution is 2.05. The van der Waals surface area contributed by atoms with Gasteiger partial charge in [0.15, 0.2) is 0 Å². The Morgan fingerprint density at radius 1 is 1.67 bits per heavy atom. The van der Waals surface area contributed by atoms with Crippen LogP contribution in [-0.4, -0.2) is 49.6 Å². The molecule has 1 aliphatic rings. The Bertz CT molecular complexity index is 214. The molecule has 86 valence electrons. The molecular formula is C11H21N3O. The van der Waals surface area contributed by atoms with E-state index in [0.29, 0.717) is 19.1 Å². The molecule has 0 aromatic carbocycles. The largest absolute Gasteiger partial charge is 0.352 e. The van der Waals surface area contributed by atoms with Crippen LogP contribution in [0, 0.1) is 0 Å². The molecule has 0 aromatic heterocycles. The fraction of sp³-hybridized carbons (Fsp3) is 0.727. The first-order chi connectivity index (χ1) is 7.27. The van der Waals surface area contributed by atoms with Crippen molar-refractivity contribution in [2.45, 2.75) is 19.4 Å². The minimum Gasteiger partial charge on any atom is -0.352 e. The number of amides is 1. The van der Waals surface area contributed by atoms with Crippen molar-refractivity contribution in [2.24, 2.45) is 0 Å². The highest BCUT2D eigenvalue weighted by atomic mass is 16.2. The number of rotatable bonds is 7. The lowest BCUT2D eigenvalue weighted by molar-refractivity contribution is -0.122. The Morgan fingerprint density at radius 3 is 2.87 bits per heavy atom. The van der Waals surface area contributed by atoms with Crippen molar-refractivity contribution in [2.75, 3.05) is 32.7 Å². The van der Waals surface area contributed by atoms with Crippen LogP contribution < -0.4 is 10.6 Å². The summed E-state index contributed by atoms with van der Waals surface area (Å²) in [4.78, 5) is 13.8. The summed E-state index contributed by atoms with van der Waals surface area (Å²) in [5.74, 6) is 0.0928. The summed E-state index contributed by atoms with van der Waals surface area (Å²) >= 11 is 0. The van der Waals surface area contributed by atoms with Gasteiger partial charge in [0.25, 0.3) is 0 Å². The first kappa shape index (κ1) is 12.2. The Morgan fingerprint density at radius 2 is 2.40 bits per heavy atom. The first-order valence-corrected chi connectivity index (χ1v) is 5.60. The van der Waals surface area contributed by atoms with Gasteiger partial charge in [-0.15, -0.1) is 6.58 Å². The van der Waals surface area contributed by atoms with Gasteiger partial charge in [-0.2, -0.15) is 0 Å². The molecule has 1 fully saturated rings. The average molecular weight is 211 g/mol. The molecule has 4 nitrogen and oxygen atoms in total. The van der Waals surface area contributed by atoms with Crippen LogP contribution in [0.3, 0.4) is 0 Å². The van der Waals surface area contributed by atoms with E-state index in [1.54, 1.807) is 6.08 Å². The third-order valence-electron chi connectivity index (χ3n) is 2.58. The normalized spacial score (nSPS) is 16.1. The molecule has 1 amide bonds. The topological polar surface area (TPSA) is 44.4 Å². The van der Waals surface area contributed by atoms with E-state index in [9.17, 15) is 4.79 Å². The molecule has 1 saturated heterocycles. The average Bonchev–Trinajstić information content (AvgIpc) is 2.12. The summed E-state index contributed by atoms with van der Waals surface area (Å²) in [5.41, 5.74) is 0. The first-order valence-electron chi connectivity index (χ1n) is 5.60. The van der Waals surface area contributed by atoms with Crippen LogP contribution in [0.4, 0.5) is 0 Å². The second kappa shape index (κ2) is 6.58. The van der Waals surface area contributed by atoms with Gasteiger partial charge in [-0.25, -0.2) is 0 Å². The molecule has 2 N–H and O–H groups in total. The molecule has 0 unspecified atom stereocenters. The molecule has 0 radical (unpaired) electrons. The van der Waals surface area contributed by atoms with Crippen LogP contribution in [0.1, 0.15) is 13.3 Å². The van der Waals surface area contributed by atoms with Crippen LogP contribution >= 0.6 is 0 Å². The monoisotopic (exact) mass is 211 g/mol. The standard InChI is InChI=1S/C11H21N3O/c1-3-5-13-11(15)9-14(6-4-2)10-7-12-8-10/h3,10,12H,1,4-9H2,2H3,(H,13,15). The molecule has 4 heteroatoms. The summed E-state index contributed by atoms with van der Waals surface area (Å²) < 4.78 is 0. The van der Waals surface area contributed by atoms with E-state index < -0.39 is 0 Å². The SMILES string of the molecule is C=CCNC(=O)CN(CCC)C1CNC1. The van der Waals surface area contributed by atoms with Gasteiger partial charge in [0.1, 0.15) is 0 Å². The number of carbonyl (C=O) groups excluding carboxylic acids is 1.